The van der Waals surface area contributed by atoms with Crippen LogP contribution < -0.4 is 5.32 Å². The van der Waals surface area contributed by atoms with Crippen molar-refractivity contribution in [3.05, 3.63) is 35.7 Å². The predicted octanol–water partition coefficient (Wildman–Crippen LogP) is 2.22. The van der Waals surface area contributed by atoms with Crippen LogP contribution in [0.3, 0.4) is 0 Å². The van der Waals surface area contributed by atoms with E-state index in [1.165, 1.54) is 11.8 Å². The van der Waals surface area contributed by atoms with Gasteiger partial charge in [-0.1, -0.05) is 29.5 Å². The first-order valence-electron chi connectivity index (χ1n) is 8.86. The van der Waals surface area contributed by atoms with E-state index >= 15 is 0 Å². The van der Waals surface area contributed by atoms with Crippen LogP contribution in [0, 0.1) is 12.8 Å². The topological polar surface area (TPSA) is 94.0 Å². The van der Waals surface area contributed by atoms with Crippen molar-refractivity contribution in [1.82, 2.24) is 14.8 Å². The molecule has 27 heavy (non-hydrogen) atoms. The van der Waals surface area contributed by atoms with E-state index in [2.05, 4.69) is 15.5 Å². The van der Waals surface area contributed by atoms with Crippen molar-refractivity contribution >= 4 is 33.2 Å². The van der Waals surface area contributed by atoms with Crippen molar-refractivity contribution in [1.29, 1.82) is 0 Å². The Labute approximate surface area is 163 Å². The van der Waals surface area contributed by atoms with Crippen LogP contribution in [0.15, 0.2) is 29.4 Å². The van der Waals surface area contributed by atoms with Gasteiger partial charge in [0.25, 0.3) is 0 Å². The van der Waals surface area contributed by atoms with Crippen molar-refractivity contribution in [3.63, 3.8) is 0 Å². The number of sulfone groups is 1. The normalized spacial score (nSPS) is 19.7. The van der Waals surface area contributed by atoms with Crippen LogP contribution >= 0.6 is 11.8 Å². The molecule has 1 aromatic heterocycles. The zero-order valence-corrected chi connectivity index (χ0v) is 17.3. The highest BCUT2D eigenvalue weighted by Gasteiger charge is 2.29. The lowest BCUT2D eigenvalue weighted by atomic mass is 10.1. The van der Waals surface area contributed by atoms with E-state index in [4.69, 9.17) is 0 Å². The number of hydrogen-bond donors (Lipinski definition) is 1. The summed E-state index contributed by atoms with van der Waals surface area (Å²) in [6.45, 7) is 3.82. The third kappa shape index (κ3) is 5.10. The Morgan fingerprint density at radius 1 is 1.33 bits per heavy atom. The summed E-state index contributed by atoms with van der Waals surface area (Å²) in [6, 6.07) is 7.65. The summed E-state index contributed by atoms with van der Waals surface area (Å²) in [6.07, 6.45) is 1.26. The summed E-state index contributed by atoms with van der Waals surface area (Å²) in [7, 11) is -1.05. The standard InChI is InChI=1S/C18H24N4O3S2/c1-12-4-6-15(7-5-12)19-17(23)13(2)26-18-21-20-16(22(18)3)10-14-8-9-27(24,25)11-14/h4-7,13-14H,8-11H2,1-3H3,(H,19,23)/t13-,14-/m1/s1. The largest absolute Gasteiger partial charge is 0.325 e. The molecule has 1 aromatic carbocycles. The lowest BCUT2D eigenvalue weighted by Gasteiger charge is -2.12. The first-order chi connectivity index (χ1) is 12.7. The second-order valence-electron chi connectivity index (χ2n) is 7.05. The van der Waals surface area contributed by atoms with Gasteiger partial charge in [0.1, 0.15) is 5.82 Å². The van der Waals surface area contributed by atoms with Crippen molar-refractivity contribution in [2.75, 3.05) is 16.8 Å². The number of aromatic nitrogens is 3. The highest BCUT2D eigenvalue weighted by molar-refractivity contribution is 8.00. The highest BCUT2D eigenvalue weighted by Crippen LogP contribution is 2.26. The highest BCUT2D eigenvalue weighted by atomic mass is 32.2. The molecule has 0 unspecified atom stereocenters. The average molecular weight is 409 g/mol. The summed E-state index contributed by atoms with van der Waals surface area (Å²) in [5, 5.41) is 11.6. The van der Waals surface area contributed by atoms with Gasteiger partial charge in [-0.15, -0.1) is 10.2 Å². The molecule has 146 valence electrons. The molecule has 2 atom stereocenters. The second kappa shape index (κ2) is 8.02. The van der Waals surface area contributed by atoms with Crippen molar-refractivity contribution in [3.8, 4) is 0 Å². The minimum Gasteiger partial charge on any atom is -0.325 e. The molecule has 0 spiro atoms. The number of nitrogens with one attached hydrogen (secondary N) is 1. The minimum absolute atomic E-state index is 0.0954. The first kappa shape index (κ1) is 19.9. The number of anilines is 1. The van der Waals surface area contributed by atoms with Crippen LogP contribution in [-0.4, -0.2) is 45.8 Å². The number of nitrogens with zero attached hydrogens (tertiary/aromatic N) is 3. The molecule has 1 saturated heterocycles. The van der Waals surface area contributed by atoms with Crippen LogP contribution in [0.1, 0.15) is 24.7 Å². The maximum absolute atomic E-state index is 12.4. The molecule has 0 saturated carbocycles. The monoisotopic (exact) mass is 408 g/mol. The summed E-state index contributed by atoms with van der Waals surface area (Å²) in [4.78, 5) is 12.4. The van der Waals surface area contributed by atoms with Gasteiger partial charge < -0.3 is 9.88 Å². The van der Waals surface area contributed by atoms with Gasteiger partial charge in [-0.25, -0.2) is 8.42 Å². The molecule has 0 bridgehead atoms. The van der Waals surface area contributed by atoms with E-state index in [1.807, 2.05) is 49.7 Å². The Morgan fingerprint density at radius 2 is 2.04 bits per heavy atom. The first-order valence-corrected chi connectivity index (χ1v) is 11.6. The molecule has 1 aliphatic heterocycles. The fourth-order valence-electron chi connectivity index (χ4n) is 3.01. The molecule has 7 nitrogen and oxygen atoms in total. The number of carbonyl (C=O) groups excluding carboxylic acids is 1. The fraction of sp³-hybridized carbons (Fsp3) is 0.500. The number of amides is 1. The Hall–Kier alpha value is -1.87. The van der Waals surface area contributed by atoms with Gasteiger partial charge in [0.15, 0.2) is 15.0 Å². The Bertz CT molecular complexity index is 923. The van der Waals surface area contributed by atoms with Crippen molar-refractivity contribution < 1.29 is 13.2 Å². The van der Waals surface area contributed by atoms with Gasteiger partial charge in [-0.2, -0.15) is 0 Å². The van der Waals surface area contributed by atoms with E-state index in [0.717, 1.165) is 17.1 Å². The van der Waals surface area contributed by atoms with E-state index in [-0.39, 0.29) is 28.6 Å². The molecule has 0 aliphatic carbocycles. The van der Waals surface area contributed by atoms with Gasteiger partial charge >= 0.3 is 0 Å². The maximum Gasteiger partial charge on any atom is 0.237 e. The third-order valence-corrected chi connectivity index (χ3v) is 7.66. The summed E-state index contributed by atoms with van der Waals surface area (Å²) >= 11 is 1.34. The van der Waals surface area contributed by atoms with Crippen LogP contribution in [-0.2, 0) is 28.1 Å². The summed E-state index contributed by atoms with van der Waals surface area (Å²) < 4.78 is 25.1. The van der Waals surface area contributed by atoms with Crippen LogP contribution in [0.2, 0.25) is 0 Å². The van der Waals surface area contributed by atoms with E-state index < -0.39 is 9.84 Å². The maximum atomic E-state index is 12.4. The molecular formula is C18H24N4O3S2. The van der Waals surface area contributed by atoms with Crippen LogP contribution in [0.5, 0.6) is 0 Å². The van der Waals surface area contributed by atoms with Crippen molar-refractivity contribution in [2.24, 2.45) is 13.0 Å². The SMILES string of the molecule is Cc1ccc(NC(=O)[C@@H](C)Sc2nnc(C[C@H]3CCS(=O)(=O)C3)n2C)cc1. The molecule has 9 heteroatoms. The van der Waals surface area contributed by atoms with E-state index in [1.54, 1.807) is 0 Å². The molecule has 1 aliphatic rings. The van der Waals surface area contributed by atoms with E-state index in [9.17, 15) is 13.2 Å². The number of thioether (sulfide) groups is 1. The number of hydrogen-bond acceptors (Lipinski definition) is 6. The van der Waals surface area contributed by atoms with Crippen molar-refractivity contribution in [2.45, 2.75) is 37.1 Å². The summed E-state index contributed by atoms with van der Waals surface area (Å²) in [5.74, 6) is 1.23. The van der Waals surface area contributed by atoms with E-state index in [0.29, 0.717) is 18.0 Å². The molecule has 3 rings (SSSR count). The Kier molecular flexibility index (Phi) is 5.90. The fourth-order valence-corrected chi connectivity index (χ4v) is 5.70. The summed E-state index contributed by atoms with van der Waals surface area (Å²) in [5.41, 5.74) is 1.90. The zero-order valence-electron chi connectivity index (χ0n) is 15.7. The number of rotatable bonds is 6. The van der Waals surface area contributed by atoms with Gasteiger partial charge in [0.2, 0.25) is 5.91 Å². The van der Waals surface area contributed by atoms with Gasteiger partial charge in [-0.05, 0) is 38.3 Å². The minimum atomic E-state index is -2.90. The molecule has 0 radical (unpaired) electrons. The quantitative estimate of drug-likeness (QED) is 0.737. The van der Waals surface area contributed by atoms with Crippen LogP contribution in [0.4, 0.5) is 5.69 Å². The second-order valence-corrected chi connectivity index (χ2v) is 10.6. The molecule has 1 fully saturated rings. The predicted molar refractivity (Wildman–Crippen MR) is 107 cm³/mol. The number of aryl methyl sites for hydroxylation is 1. The lowest BCUT2D eigenvalue weighted by molar-refractivity contribution is -0.115. The zero-order chi connectivity index (χ0) is 19.6. The lowest BCUT2D eigenvalue weighted by Crippen LogP contribution is -2.22. The molecule has 1 amide bonds. The molecule has 2 aromatic rings. The Morgan fingerprint density at radius 3 is 2.67 bits per heavy atom. The number of benzene rings is 1. The van der Waals surface area contributed by atoms with Gasteiger partial charge in [-0.3, -0.25) is 4.79 Å². The third-order valence-electron chi connectivity index (χ3n) is 4.69. The molecular weight excluding hydrogens is 384 g/mol. The average Bonchev–Trinajstić information content (AvgIpc) is 3.13. The van der Waals surface area contributed by atoms with Gasteiger partial charge in [0, 0.05) is 19.2 Å². The number of carbonyl (C=O) groups is 1. The smallest absolute Gasteiger partial charge is 0.237 e. The molecule has 2 heterocycles. The van der Waals surface area contributed by atoms with Gasteiger partial charge in [0.05, 0.1) is 16.8 Å². The Balaban J connectivity index is 1.59. The van der Waals surface area contributed by atoms with Crippen LogP contribution in [0.25, 0.3) is 0 Å². The molecule has 1 N–H and O–H groups in total.